The van der Waals surface area contributed by atoms with E-state index in [4.69, 9.17) is 0 Å². The summed E-state index contributed by atoms with van der Waals surface area (Å²) in [6.45, 7) is 3.71. The number of nitrogens with one attached hydrogen (secondary N) is 1. The number of aromatic nitrogens is 2. The Balaban J connectivity index is 1.74. The Morgan fingerprint density at radius 1 is 1.19 bits per heavy atom. The molecule has 0 atom stereocenters. The molecule has 0 radical (unpaired) electrons. The molecule has 0 spiro atoms. The molecule has 1 amide bonds. The maximum atomic E-state index is 12.4. The highest BCUT2D eigenvalue weighted by Gasteiger charge is 2.21. The highest BCUT2D eigenvalue weighted by Crippen LogP contribution is 2.23. The van der Waals surface area contributed by atoms with Crippen LogP contribution in [0.3, 0.4) is 0 Å². The number of hydrogen-bond donors (Lipinski definition) is 1. The Morgan fingerprint density at radius 3 is 2.44 bits per heavy atom. The number of anilines is 1. The summed E-state index contributed by atoms with van der Waals surface area (Å²) < 4.78 is 2.57. The Hall–Kier alpha value is -2.75. The van der Waals surface area contributed by atoms with Crippen LogP contribution in [0.4, 0.5) is 11.4 Å². The van der Waals surface area contributed by atoms with Gasteiger partial charge in [-0.3, -0.25) is 19.6 Å². The highest BCUT2D eigenvalue weighted by atomic mass is 127. The monoisotopic (exact) mass is 476 g/mol. The number of amides is 1. The van der Waals surface area contributed by atoms with Gasteiger partial charge >= 0.3 is 5.69 Å². The van der Waals surface area contributed by atoms with Gasteiger partial charge in [0.05, 0.1) is 17.2 Å². The van der Waals surface area contributed by atoms with E-state index < -0.39 is 4.92 Å². The van der Waals surface area contributed by atoms with Crippen molar-refractivity contribution in [1.82, 2.24) is 9.78 Å². The van der Waals surface area contributed by atoms with Gasteiger partial charge in [-0.15, -0.1) is 0 Å². The van der Waals surface area contributed by atoms with E-state index in [0.717, 1.165) is 14.8 Å². The van der Waals surface area contributed by atoms with E-state index in [9.17, 15) is 14.9 Å². The zero-order valence-corrected chi connectivity index (χ0v) is 16.9. The first-order valence-corrected chi connectivity index (χ1v) is 9.28. The van der Waals surface area contributed by atoms with Gasteiger partial charge in [-0.25, -0.2) is 0 Å². The van der Waals surface area contributed by atoms with Crippen molar-refractivity contribution in [1.29, 1.82) is 0 Å². The van der Waals surface area contributed by atoms with Gasteiger partial charge < -0.3 is 5.32 Å². The molecule has 3 rings (SSSR count). The molecule has 0 aliphatic heterocycles. The van der Waals surface area contributed by atoms with Gasteiger partial charge in [-0.05, 0) is 66.3 Å². The first kappa shape index (κ1) is 19.0. The molecule has 7 nitrogen and oxygen atoms in total. The number of benzene rings is 2. The van der Waals surface area contributed by atoms with E-state index in [0.29, 0.717) is 23.5 Å². The lowest BCUT2D eigenvalue weighted by Gasteiger charge is -2.08. The normalized spacial score (nSPS) is 10.6. The highest BCUT2D eigenvalue weighted by molar-refractivity contribution is 14.1. The molecular weight excluding hydrogens is 459 g/mol. The maximum absolute atomic E-state index is 12.4. The molecule has 1 N–H and O–H groups in total. The van der Waals surface area contributed by atoms with Crippen LogP contribution < -0.4 is 5.32 Å². The van der Waals surface area contributed by atoms with Gasteiger partial charge in [0, 0.05) is 9.13 Å². The lowest BCUT2D eigenvalue weighted by Crippen LogP contribution is -2.13. The fourth-order valence-corrected chi connectivity index (χ4v) is 3.32. The van der Waals surface area contributed by atoms with Crippen LogP contribution in [0.5, 0.6) is 0 Å². The van der Waals surface area contributed by atoms with Crippen LogP contribution in [-0.4, -0.2) is 20.6 Å². The van der Waals surface area contributed by atoms with E-state index in [-0.39, 0.29) is 11.6 Å². The van der Waals surface area contributed by atoms with Crippen molar-refractivity contribution in [3.63, 3.8) is 0 Å². The number of hydrogen-bond acceptors (Lipinski definition) is 4. The maximum Gasteiger partial charge on any atom is 0.312 e. The predicted molar refractivity (Wildman–Crippen MR) is 111 cm³/mol. The zero-order valence-electron chi connectivity index (χ0n) is 14.8. The van der Waals surface area contributed by atoms with Crippen LogP contribution in [0.1, 0.15) is 27.3 Å². The third kappa shape index (κ3) is 4.16. The number of carbonyl (C=O) groups excluding carboxylic acids is 1. The Kier molecular flexibility index (Phi) is 5.54. The number of nitrogens with zero attached hydrogens (tertiary/aromatic N) is 3. The standard InChI is InChI=1S/C19H17IN4O3/c1-12-18(24(26)27)13(2)23(22-12)11-14-7-9-15(10-8-14)19(25)21-17-6-4-3-5-16(17)20/h3-10H,11H2,1-2H3,(H,21,25). The molecule has 0 bridgehead atoms. The van der Waals surface area contributed by atoms with Crippen molar-refractivity contribution in [2.75, 3.05) is 5.32 Å². The molecule has 0 aliphatic carbocycles. The second-order valence-corrected chi connectivity index (χ2v) is 7.23. The van der Waals surface area contributed by atoms with Crippen LogP contribution in [0, 0.1) is 27.5 Å². The molecule has 0 saturated carbocycles. The predicted octanol–water partition coefficient (Wildman–Crippen LogP) is 4.31. The molecule has 27 heavy (non-hydrogen) atoms. The summed E-state index contributed by atoms with van der Waals surface area (Å²) in [5.74, 6) is -0.188. The van der Waals surface area contributed by atoms with Gasteiger partial charge in [0.1, 0.15) is 11.4 Å². The largest absolute Gasteiger partial charge is 0.321 e. The first-order valence-electron chi connectivity index (χ1n) is 8.20. The number of para-hydroxylation sites is 1. The molecule has 138 valence electrons. The molecule has 0 fully saturated rings. The van der Waals surface area contributed by atoms with Gasteiger partial charge in [-0.2, -0.15) is 5.10 Å². The van der Waals surface area contributed by atoms with Crippen molar-refractivity contribution < 1.29 is 9.72 Å². The molecule has 3 aromatic rings. The molecule has 8 heteroatoms. The minimum atomic E-state index is -0.410. The van der Waals surface area contributed by atoms with Crippen LogP contribution in [0.2, 0.25) is 0 Å². The number of rotatable bonds is 5. The molecular formula is C19H17IN4O3. The summed E-state index contributed by atoms with van der Waals surface area (Å²) in [5.41, 5.74) is 3.16. The fraction of sp³-hybridized carbons (Fsp3) is 0.158. The van der Waals surface area contributed by atoms with E-state index in [1.807, 2.05) is 36.4 Å². The SMILES string of the molecule is Cc1nn(Cc2ccc(C(=O)Nc3ccccc3I)cc2)c(C)c1[N+](=O)[O-]. The van der Waals surface area contributed by atoms with E-state index in [1.54, 1.807) is 30.7 Å². The van der Waals surface area contributed by atoms with Crippen molar-refractivity contribution >= 4 is 39.9 Å². The first-order chi connectivity index (χ1) is 12.9. The van der Waals surface area contributed by atoms with Gasteiger partial charge in [-0.1, -0.05) is 24.3 Å². The molecule has 2 aromatic carbocycles. The summed E-state index contributed by atoms with van der Waals surface area (Å²) in [6.07, 6.45) is 0. The zero-order chi connectivity index (χ0) is 19.6. The summed E-state index contributed by atoms with van der Waals surface area (Å²) in [4.78, 5) is 23.1. The minimum Gasteiger partial charge on any atom is -0.321 e. The lowest BCUT2D eigenvalue weighted by molar-refractivity contribution is -0.386. The average Bonchev–Trinajstić information content (AvgIpc) is 2.91. The molecule has 0 unspecified atom stereocenters. The molecule has 0 saturated heterocycles. The van der Waals surface area contributed by atoms with Crippen molar-refractivity contribution in [2.45, 2.75) is 20.4 Å². The number of carbonyl (C=O) groups is 1. The van der Waals surface area contributed by atoms with Gasteiger partial charge in [0.2, 0.25) is 0 Å². The van der Waals surface area contributed by atoms with E-state index >= 15 is 0 Å². The second-order valence-electron chi connectivity index (χ2n) is 6.07. The number of nitro groups is 1. The van der Waals surface area contributed by atoms with Crippen molar-refractivity contribution in [2.24, 2.45) is 0 Å². The van der Waals surface area contributed by atoms with Crippen LogP contribution in [0.25, 0.3) is 0 Å². The van der Waals surface area contributed by atoms with Gasteiger partial charge in [0.25, 0.3) is 5.91 Å². The van der Waals surface area contributed by atoms with Crippen molar-refractivity contribution in [3.8, 4) is 0 Å². The summed E-state index contributed by atoms with van der Waals surface area (Å²) in [6, 6.07) is 14.7. The van der Waals surface area contributed by atoms with E-state index in [2.05, 4.69) is 33.0 Å². The molecule has 1 aromatic heterocycles. The second kappa shape index (κ2) is 7.87. The number of halogens is 1. The number of aryl methyl sites for hydroxylation is 1. The average molecular weight is 476 g/mol. The molecule has 1 heterocycles. The smallest absolute Gasteiger partial charge is 0.312 e. The quantitative estimate of drug-likeness (QED) is 0.338. The van der Waals surface area contributed by atoms with E-state index in [1.165, 1.54) is 0 Å². The van der Waals surface area contributed by atoms with Gasteiger partial charge in [0.15, 0.2) is 0 Å². The molecule has 0 aliphatic rings. The summed E-state index contributed by atoms with van der Waals surface area (Å²) >= 11 is 2.17. The lowest BCUT2D eigenvalue weighted by atomic mass is 10.1. The Morgan fingerprint density at radius 2 is 1.85 bits per heavy atom. The third-order valence-corrected chi connectivity index (χ3v) is 5.14. The summed E-state index contributed by atoms with van der Waals surface area (Å²) in [7, 11) is 0. The van der Waals surface area contributed by atoms with Crippen molar-refractivity contribution in [3.05, 3.63) is 84.7 Å². The van der Waals surface area contributed by atoms with Crippen LogP contribution in [-0.2, 0) is 6.54 Å². The third-order valence-electron chi connectivity index (χ3n) is 4.20. The fourth-order valence-electron chi connectivity index (χ4n) is 2.80. The summed E-state index contributed by atoms with van der Waals surface area (Å²) in [5, 5.41) is 18.2. The Bertz CT molecular complexity index is 1010. The minimum absolute atomic E-state index is 0.0449. The Labute approximate surface area is 169 Å². The van der Waals surface area contributed by atoms with Crippen LogP contribution >= 0.6 is 22.6 Å². The van der Waals surface area contributed by atoms with Crippen LogP contribution in [0.15, 0.2) is 48.5 Å². The topological polar surface area (TPSA) is 90.1 Å².